The van der Waals surface area contributed by atoms with Crippen LogP contribution in [0.15, 0.2) is 0 Å². The zero-order chi connectivity index (χ0) is 13.9. The molecule has 1 aliphatic carbocycles. The van der Waals surface area contributed by atoms with E-state index in [-0.39, 0.29) is 18.3 Å². The minimum absolute atomic E-state index is 0. The third-order valence-electron chi connectivity index (χ3n) is 5.91. The highest BCUT2D eigenvalue weighted by Crippen LogP contribution is 2.32. The highest BCUT2D eigenvalue weighted by molar-refractivity contribution is 5.85. The van der Waals surface area contributed by atoms with Crippen molar-refractivity contribution in [1.82, 2.24) is 10.2 Å². The van der Waals surface area contributed by atoms with E-state index in [2.05, 4.69) is 17.1 Å². The molecular weight excluding hydrogens is 284 g/mol. The van der Waals surface area contributed by atoms with E-state index in [1.54, 1.807) is 0 Å². The van der Waals surface area contributed by atoms with E-state index in [1.165, 1.54) is 51.6 Å². The largest absolute Gasteiger partial charge is 0.342 e. The van der Waals surface area contributed by atoms with Crippen molar-refractivity contribution >= 4 is 18.3 Å². The fraction of sp³-hybridized carbons (Fsp3) is 0.941. The summed E-state index contributed by atoms with van der Waals surface area (Å²) in [4.78, 5) is 14.8. The van der Waals surface area contributed by atoms with Crippen LogP contribution in [0.2, 0.25) is 0 Å². The number of hydrogen-bond donors (Lipinski definition) is 1. The zero-order valence-electron chi connectivity index (χ0n) is 13.4. The summed E-state index contributed by atoms with van der Waals surface area (Å²) in [6, 6.07) is 0. The van der Waals surface area contributed by atoms with E-state index in [9.17, 15) is 4.79 Å². The van der Waals surface area contributed by atoms with Crippen molar-refractivity contribution in [2.24, 2.45) is 23.7 Å². The van der Waals surface area contributed by atoms with Gasteiger partial charge in [0.1, 0.15) is 0 Å². The Morgan fingerprint density at radius 3 is 2.24 bits per heavy atom. The number of fused-ring (bicyclic) bond motifs is 1. The van der Waals surface area contributed by atoms with Crippen molar-refractivity contribution in [2.45, 2.75) is 51.9 Å². The maximum atomic E-state index is 12.7. The lowest BCUT2D eigenvalue weighted by molar-refractivity contribution is -0.135. The van der Waals surface area contributed by atoms with Crippen LogP contribution >= 0.6 is 12.4 Å². The second-order valence-electron chi connectivity index (χ2n) is 7.37. The predicted octanol–water partition coefficient (Wildman–Crippen LogP) is 3.08. The summed E-state index contributed by atoms with van der Waals surface area (Å²) in [5.74, 6) is 3.14. The van der Waals surface area contributed by atoms with E-state index >= 15 is 0 Å². The first-order valence-corrected chi connectivity index (χ1v) is 8.73. The lowest BCUT2D eigenvalue weighted by Crippen LogP contribution is -2.37. The molecule has 0 aromatic heterocycles. The van der Waals surface area contributed by atoms with Crippen LogP contribution in [0.1, 0.15) is 51.9 Å². The third-order valence-corrected chi connectivity index (χ3v) is 5.91. The molecule has 122 valence electrons. The van der Waals surface area contributed by atoms with Crippen LogP contribution in [0.5, 0.6) is 0 Å². The molecule has 2 heterocycles. The van der Waals surface area contributed by atoms with Gasteiger partial charge >= 0.3 is 0 Å². The van der Waals surface area contributed by atoms with Gasteiger partial charge in [0.15, 0.2) is 0 Å². The molecule has 21 heavy (non-hydrogen) atoms. The molecule has 1 unspecified atom stereocenters. The first kappa shape index (κ1) is 17.1. The second-order valence-corrected chi connectivity index (χ2v) is 7.37. The number of carbonyl (C=O) groups excluding carboxylic acids is 1. The van der Waals surface area contributed by atoms with Crippen LogP contribution < -0.4 is 5.32 Å². The van der Waals surface area contributed by atoms with Gasteiger partial charge in [0.25, 0.3) is 0 Å². The quantitative estimate of drug-likeness (QED) is 0.868. The Hall–Kier alpha value is -0.280. The van der Waals surface area contributed by atoms with Gasteiger partial charge in [-0.1, -0.05) is 32.6 Å². The van der Waals surface area contributed by atoms with E-state index < -0.39 is 0 Å². The van der Waals surface area contributed by atoms with Gasteiger partial charge in [0.05, 0.1) is 0 Å². The highest BCUT2D eigenvalue weighted by atomic mass is 35.5. The van der Waals surface area contributed by atoms with Crippen LogP contribution in [0, 0.1) is 23.7 Å². The monoisotopic (exact) mass is 314 g/mol. The highest BCUT2D eigenvalue weighted by Gasteiger charge is 2.33. The SMILES string of the molecule is CC(CC1CCCC1)C(=O)N1CC[C@@H]2CNC[C@@H]2CC1.Cl. The van der Waals surface area contributed by atoms with Crippen molar-refractivity contribution in [3.05, 3.63) is 0 Å². The van der Waals surface area contributed by atoms with Crippen LogP contribution in [0.25, 0.3) is 0 Å². The molecule has 3 atom stereocenters. The number of amides is 1. The topological polar surface area (TPSA) is 32.3 Å². The lowest BCUT2D eigenvalue weighted by atomic mass is 9.92. The molecule has 3 nitrogen and oxygen atoms in total. The summed E-state index contributed by atoms with van der Waals surface area (Å²) in [6.07, 6.45) is 9.01. The van der Waals surface area contributed by atoms with Crippen LogP contribution in [-0.4, -0.2) is 37.0 Å². The summed E-state index contributed by atoms with van der Waals surface area (Å²) < 4.78 is 0. The Morgan fingerprint density at radius 1 is 1.10 bits per heavy atom. The summed E-state index contributed by atoms with van der Waals surface area (Å²) in [7, 11) is 0. The Bertz CT molecular complexity index is 330. The Labute approximate surface area is 135 Å². The van der Waals surface area contributed by atoms with Gasteiger partial charge in [0.2, 0.25) is 5.91 Å². The normalized spacial score (nSPS) is 31.4. The third kappa shape index (κ3) is 4.13. The van der Waals surface area contributed by atoms with E-state index in [0.29, 0.717) is 5.91 Å². The molecule has 0 radical (unpaired) electrons. The van der Waals surface area contributed by atoms with Gasteiger partial charge in [-0.15, -0.1) is 12.4 Å². The smallest absolute Gasteiger partial charge is 0.225 e. The molecule has 1 saturated carbocycles. The zero-order valence-corrected chi connectivity index (χ0v) is 14.2. The fourth-order valence-corrected chi connectivity index (χ4v) is 4.60. The molecule has 1 N–H and O–H groups in total. The molecule has 0 aromatic rings. The van der Waals surface area contributed by atoms with Crippen LogP contribution in [-0.2, 0) is 4.79 Å². The van der Waals surface area contributed by atoms with Crippen molar-refractivity contribution in [3.63, 3.8) is 0 Å². The summed E-state index contributed by atoms with van der Waals surface area (Å²) in [5.41, 5.74) is 0. The maximum Gasteiger partial charge on any atom is 0.225 e. The molecule has 2 aliphatic heterocycles. The number of hydrogen-bond acceptors (Lipinski definition) is 2. The average molecular weight is 315 g/mol. The first-order valence-electron chi connectivity index (χ1n) is 8.73. The number of nitrogens with one attached hydrogen (secondary N) is 1. The van der Waals surface area contributed by atoms with E-state index in [1.807, 2.05) is 0 Å². The molecule has 3 aliphatic rings. The van der Waals surface area contributed by atoms with Crippen molar-refractivity contribution in [3.8, 4) is 0 Å². The van der Waals surface area contributed by atoms with Crippen molar-refractivity contribution < 1.29 is 4.79 Å². The Morgan fingerprint density at radius 2 is 1.67 bits per heavy atom. The van der Waals surface area contributed by atoms with Crippen LogP contribution in [0.3, 0.4) is 0 Å². The number of likely N-dealkylation sites (tertiary alicyclic amines) is 1. The number of nitrogens with zero attached hydrogens (tertiary/aromatic N) is 1. The minimum atomic E-state index is 0. The molecule has 2 saturated heterocycles. The summed E-state index contributed by atoms with van der Waals surface area (Å²) in [5, 5.41) is 3.50. The van der Waals surface area contributed by atoms with Gasteiger partial charge in [0, 0.05) is 19.0 Å². The molecule has 4 heteroatoms. The second kappa shape index (κ2) is 7.82. The number of carbonyl (C=O) groups is 1. The van der Waals surface area contributed by atoms with Crippen molar-refractivity contribution in [1.29, 1.82) is 0 Å². The standard InChI is InChI=1S/C17H30N2O.ClH/c1-13(10-14-4-2-3-5-14)17(20)19-8-6-15-11-18-12-16(15)7-9-19;/h13-16,18H,2-12H2,1H3;1H/t13?,15-,16+;. The molecule has 0 spiro atoms. The first-order chi connectivity index (χ1) is 9.74. The van der Waals surface area contributed by atoms with E-state index in [0.717, 1.165) is 37.3 Å². The Kier molecular flexibility index (Phi) is 6.36. The summed E-state index contributed by atoms with van der Waals surface area (Å²) >= 11 is 0. The maximum absolute atomic E-state index is 12.7. The molecule has 0 bridgehead atoms. The Balaban J connectivity index is 0.00000161. The van der Waals surface area contributed by atoms with Crippen molar-refractivity contribution in [2.75, 3.05) is 26.2 Å². The van der Waals surface area contributed by atoms with Gasteiger partial charge in [-0.05, 0) is 50.1 Å². The minimum Gasteiger partial charge on any atom is -0.342 e. The average Bonchev–Trinajstić information content (AvgIpc) is 3.07. The molecule has 3 rings (SSSR count). The van der Waals surface area contributed by atoms with Gasteiger partial charge in [-0.2, -0.15) is 0 Å². The van der Waals surface area contributed by atoms with Crippen LogP contribution in [0.4, 0.5) is 0 Å². The van der Waals surface area contributed by atoms with Gasteiger partial charge in [-0.25, -0.2) is 0 Å². The van der Waals surface area contributed by atoms with Gasteiger partial charge in [-0.3, -0.25) is 4.79 Å². The van der Waals surface area contributed by atoms with E-state index in [4.69, 9.17) is 0 Å². The molecule has 3 fully saturated rings. The summed E-state index contributed by atoms with van der Waals surface area (Å²) in [6.45, 7) is 6.50. The van der Waals surface area contributed by atoms with Gasteiger partial charge < -0.3 is 10.2 Å². The molecule has 0 aromatic carbocycles. The molecular formula is C17H31ClN2O. The fourth-order valence-electron chi connectivity index (χ4n) is 4.60. The number of halogens is 1. The predicted molar refractivity (Wildman–Crippen MR) is 88.7 cm³/mol. The number of rotatable bonds is 3. The lowest BCUT2D eigenvalue weighted by Gasteiger charge is -2.26. The molecule has 1 amide bonds.